The summed E-state index contributed by atoms with van der Waals surface area (Å²) in [5.74, 6) is -4.07. The third kappa shape index (κ3) is 9.02. The summed E-state index contributed by atoms with van der Waals surface area (Å²) in [6.45, 7) is 6.67. The van der Waals surface area contributed by atoms with E-state index in [4.69, 9.17) is 31.9 Å². The lowest BCUT2D eigenvalue weighted by Gasteiger charge is -2.40. The predicted octanol–water partition coefficient (Wildman–Crippen LogP) is 6.95. The fourth-order valence-electron chi connectivity index (χ4n) is 8.30. The molecule has 0 aliphatic carbocycles. The van der Waals surface area contributed by atoms with Crippen LogP contribution < -0.4 is 20.7 Å². The molecule has 3 atom stereocenters. The number of carboxylic acid groups (broad SMARTS) is 1. The number of benzene rings is 2. The van der Waals surface area contributed by atoms with Crippen LogP contribution in [0.25, 0.3) is 22.0 Å². The van der Waals surface area contributed by atoms with E-state index in [9.17, 15) is 19.1 Å². The highest BCUT2D eigenvalue weighted by molar-refractivity contribution is 6.32. The first-order valence-electron chi connectivity index (χ1n) is 19.0. The molecule has 1 aromatic heterocycles. The fraction of sp³-hybridized carbons (Fsp3) is 0.590. The Labute approximate surface area is 327 Å². The van der Waals surface area contributed by atoms with Gasteiger partial charge >= 0.3 is 18.1 Å². The van der Waals surface area contributed by atoms with Gasteiger partial charge in [-0.1, -0.05) is 11.6 Å². The van der Waals surface area contributed by atoms with Gasteiger partial charge in [0.25, 0.3) is 0 Å². The maximum atomic E-state index is 17.1. The number of anilines is 2. The van der Waals surface area contributed by atoms with Crippen molar-refractivity contribution in [1.29, 1.82) is 0 Å². The lowest BCUT2D eigenvalue weighted by molar-refractivity contribution is -0.137. The first-order valence-corrected chi connectivity index (χ1v) is 19.4. The number of unbranched alkanes of at least 4 members (excludes halogenated alkanes) is 1. The number of hydrogen-bond donors (Lipinski definition) is 4. The Bertz CT molecular complexity index is 1990. The number of aliphatic hydroxyl groups is 1. The van der Waals surface area contributed by atoms with E-state index >= 15 is 13.2 Å². The minimum Gasteiger partial charge on any atom is -0.481 e. The lowest BCUT2D eigenvalue weighted by Crippen LogP contribution is -2.50. The van der Waals surface area contributed by atoms with Crippen LogP contribution in [-0.2, 0) is 16.0 Å². The summed E-state index contributed by atoms with van der Waals surface area (Å²) in [6.07, 6.45) is 1.42. The molecule has 12 nitrogen and oxygen atoms in total. The molecular formula is C39H49ClF4N6O6. The quantitative estimate of drug-likeness (QED) is 0.0803. The maximum absolute atomic E-state index is 17.1. The number of nitrogens with zero attached hydrogens (tertiary/aromatic N) is 4. The molecule has 56 heavy (non-hydrogen) atoms. The van der Waals surface area contributed by atoms with Gasteiger partial charge in [-0.3, -0.25) is 9.69 Å². The second-order valence-corrected chi connectivity index (χ2v) is 16.7. The molecule has 0 radical (unpaired) electrons. The number of ether oxygens (including phenoxy) is 2. The molecule has 4 heterocycles. The summed E-state index contributed by atoms with van der Waals surface area (Å²) in [6, 6.07) is 1.92. The predicted molar refractivity (Wildman–Crippen MR) is 203 cm³/mol. The molecule has 3 aliphatic rings. The van der Waals surface area contributed by atoms with E-state index in [-0.39, 0.29) is 98.6 Å². The van der Waals surface area contributed by atoms with Crippen LogP contribution in [0, 0.1) is 17.5 Å². The van der Waals surface area contributed by atoms with E-state index in [1.165, 1.54) is 0 Å². The van der Waals surface area contributed by atoms with Gasteiger partial charge in [0.2, 0.25) is 0 Å². The average molecular weight is 809 g/mol. The smallest absolute Gasteiger partial charge is 0.407 e. The number of nitrogens with one attached hydrogen (secondary N) is 1. The number of nitrogen functional groups attached to an aromatic ring is 1. The van der Waals surface area contributed by atoms with Gasteiger partial charge in [0.15, 0.2) is 11.6 Å². The third-order valence-electron chi connectivity index (χ3n) is 10.9. The molecule has 0 bridgehead atoms. The minimum atomic E-state index is -1.33. The Morgan fingerprint density at radius 2 is 1.86 bits per heavy atom. The number of piperidine rings is 1. The van der Waals surface area contributed by atoms with Crippen LogP contribution >= 0.6 is 11.6 Å². The van der Waals surface area contributed by atoms with Crippen LogP contribution in [0.1, 0.15) is 84.1 Å². The van der Waals surface area contributed by atoms with Crippen molar-refractivity contribution in [3.8, 4) is 17.1 Å². The van der Waals surface area contributed by atoms with Crippen molar-refractivity contribution in [3.63, 3.8) is 0 Å². The number of amides is 1. The Kier molecular flexibility index (Phi) is 12.1. The van der Waals surface area contributed by atoms with Crippen molar-refractivity contribution < 1.29 is 46.8 Å². The molecule has 3 saturated heterocycles. The minimum absolute atomic E-state index is 0.00222. The molecule has 306 valence electrons. The number of alkyl carbamates (subject to hydrolysis) is 1. The van der Waals surface area contributed by atoms with E-state index in [1.807, 2.05) is 4.90 Å². The highest BCUT2D eigenvalue weighted by Crippen LogP contribution is 2.43. The largest absolute Gasteiger partial charge is 0.481 e. The Morgan fingerprint density at radius 3 is 2.59 bits per heavy atom. The fourth-order valence-corrected chi connectivity index (χ4v) is 8.60. The van der Waals surface area contributed by atoms with E-state index in [2.05, 4.69) is 15.3 Å². The summed E-state index contributed by atoms with van der Waals surface area (Å²) < 4.78 is 74.6. The van der Waals surface area contributed by atoms with E-state index in [0.29, 0.717) is 32.4 Å². The van der Waals surface area contributed by atoms with E-state index < -0.39 is 68.7 Å². The monoisotopic (exact) mass is 808 g/mol. The number of β-amino-alcohol motifs (C(OH)–C–C–N with tert-alkyl or cyclic N) is 1. The Balaban J connectivity index is 1.39. The summed E-state index contributed by atoms with van der Waals surface area (Å²) in [5, 5.41) is 23.0. The first-order chi connectivity index (χ1) is 26.4. The van der Waals surface area contributed by atoms with Crippen molar-refractivity contribution in [1.82, 2.24) is 20.2 Å². The molecule has 3 aromatic rings. The molecule has 3 fully saturated rings. The number of nitrogens with two attached hydrogens (primary N) is 1. The van der Waals surface area contributed by atoms with Gasteiger partial charge in [-0.2, -0.15) is 9.97 Å². The van der Waals surface area contributed by atoms with Crippen molar-refractivity contribution in [2.24, 2.45) is 0 Å². The number of carbonyl (C=O) groups excluding carboxylic acids is 1. The van der Waals surface area contributed by atoms with Crippen LogP contribution in [-0.4, -0.2) is 99.4 Å². The number of aromatic nitrogens is 2. The Hall–Kier alpha value is -4.15. The van der Waals surface area contributed by atoms with Crippen LogP contribution in [0.2, 0.25) is 5.02 Å². The van der Waals surface area contributed by atoms with Gasteiger partial charge in [-0.15, -0.1) is 0 Å². The van der Waals surface area contributed by atoms with Gasteiger partial charge in [-0.05, 0) is 102 Å². The standard InChI is InChI=1S/C39H49ClF4N6O6/c1-37(2,3)56-36(53)46-13-12-39(54)11-7-14-49(20-39)34-25-16-26(42)29(24-17-27(45)31(43)30(40)23(24)8-4-5-9-28(51)52)32(44)33(25)47-35(48-34)55-21-38-10-6-15-50(38)19-22(41)18-38/h16-17,22,54H,4-15,18-21,45H2,1-3H3,(H,46,53)(H,51,52)/t22-,38+,39?/m1/s1. The second-order valence-electron chi connectivity index (χ2n) is 16.3. The SMILES string of the molecule is CC(C)(C)OC(=O)NCCC1(O)CCCN(c2nc(OC[C@@]34CCCN3C[C@H](F)C4)nc3c(F)c(-c4cc(N)c(F)c(Cl)c4CCCCC(=O)O)c(F)cc23)C1. The number of halogens is 5. The molecule has 1 unspecified atom stereocenters. The Morgan fingerprint density at radius 1 is 1.11 bits per heavy atom. The van der Waals surface area contributed by atoms with Crippen LogP contribution in [0.15, 0.2) is 12.1 Å². The zero-order valence-corrected chi connectivity index (χ0v) is 32.6. The van der Waals surface area contributed by atoms with Gasteiger partial charge in [0.05, 0.1) is 27.4 Å². The van der Waals surface area contributed by atoms with Gasteiger partial charge < -0.3 is 35.6 Å². The molecule has 6 rings (SSSR count). The first kappa shape index (κ1) is 41.5. The number of hydrogen-bond acceptors (Lipinski definition) is 10. The molecule has 5 N–H and O–H groups in total. The van der Waals surface area contributed by atoms with E-state index in [1.54, 1.807) is 25.7 Å². The highest BCUT2D eigenvalue weighted by Gasteiger charge is 2.49. The van der Waals surface area contributed by atoms with Crippen molar-refractivity contribution >= 4 is 46.1 Å². The second kappa shape index (κ2) is 16.4. The number of rotatable bonds is 13. The van der Waals surface area contributed by atoms with Crippen molar-refractivity contribution in [2.45, 2.75) is 108 Å². The zero-order valence-electron chi connectivity index (χ0n) is 31.8. The summed E-state index contributed by atoms with van der Waals surface area (Å²) in [4.78, 5) is 36.2. The number of aliphatic carboxylic acids is 1. The van der Waals surface area contributed by atoms with Crippen LogP contribution in [0.5, 0.6) is 6.01 Å². The van der Waals surface area contributed by atoms with Crippen molar-refractivity contribution in [3.05, 3.63) is 40.2 Å². The molecule has 1 amide bonds. The number of carbonyl (C=O) groups is 2. The molecule has 0 spiro atoms. The maximum Gasteiger partial charge on any atom is 0.407 e. The number of fused-ring (bicyclic) bond motifs is 2. The molecule has 2 aromatic carbocycles. The van der Waals surface area contributed by atoms with Crippen molar-refractivity contribution in [2.75, 3.05) is 50.0 Å². The van der Waals surface area contributed by atoms with Gasteiger partial charge in [0.1, 0.15) is 35.5 Å². The molecule has 0 saturated carbocycles. The molecular weight excluding hydrogens is 760 g/mol. The summed E-state index contributed by atoms with van der Waals surface area (Å²) >= 11 is 6.38. The van der Waals surface area contributed by atoms with E-state index in [0.717, 1.165) is 18.6 Å². The zero-order chi connectivity index (χ0) is 40.6. The summed E-state index contributed by atoms with van der Waals surface area (Å²) in [7, 11) is 0. The van der Waals surface area contributed by atoms with Gasteiger partial charge in [-0.25, -0.2) is 22.4 Å². The lowest BCUT2D eigenvalue weighted by atomic mass is 9.89. The topological polar surface area (TPSA) is 163 Å². The van der Waals surface area contributed by atoms with Crippen LogP contribution in [0.3, 0.4) is 0 Å². The molecule has 17 heteroatoms. The highest BCUT2D eigenvalue weighted by atomic mass is 35.5. The number of alkyl halides is 1. The summed E-state index contributed by atoms with van der Waals surface area (Å²) in [5.41, 5.74) is 1.88. The molecule has 3 aliphatic heterocycles. The van der Waals surface area contributed by atoms with Gasteiger partial charge in [0, 0.05) is 44.4 Å². The third-order valence-corrected chi connectivity index (χ3v) is 11.3. The van der Waals surface area contributed by atoms with Crippen LogP contribution in [0.4, 0.5) is 33.9 Å². The normalized spacial score (nSPS) is 22.7. The number of carboxylic acids is 1. The average Bonchev–Trinajstić information content (AvgIpc) is 3.63.